The molecule has 2 aromatic rings. The van der Waals surface area contributed by atoms with E-state index in [2.05, 4.69) is 25.1 Å². The van der Waals surface area contributed by atoms with Crippen LogP contribution in [0, 0.1) is 13.8 Å². The number of carbonyl (C=O) groups is 1. The largest absolute Gasteiger partial charge is 0.483 e. The van der Waals surface area contributed by atoms with E-state index in [4.69, 9.17) is 9.26 Å². The molecule has 1 unspecified atom stereocenters. The third-order valence-corrected chi connectivity index (χ3v) is 4.42. The number of aryl methyl sites for hydroxylation is 2. The van der Waals surface area contributed by atoms with Crippen molar-refractivity contribution in [2.24, 2.45) is 0 Å². The molecule has 0 aliphatic carbocycles. The van der Waals surface area contributed by atoms with Gasteiger partial charge in [-0.25, -0.2) is 0 Å². The summed E-state index contributed by atoms with van der Waals surface area (Å²) in [7, 11) is 1.76. The summed E-state index contributed by atoms with van der Waals surface area (Å²) in [5.41, 5.74) is 2.90. The second-order valence-corrected chi connectivity index (χ2v) is 6.19. The summed E-state index contributed by atoms with van der Waals surface area (Å²) in [5, 5.41) is 3.92. The van der Waals surface area contributed by atoms with Crippen molar-refractivity contribution in [3.63, 3.8) is 0 Å². The van der Waals surface area contributed by atoms with E-state index in [1.54, 1.807) is 11.9 Å². The lowest BCUT2D eigenvalue weighted by Gasteiger charge is -2.19. The lowest BCUT2D eigenvalue weighted by atomic mass is 9.98. The lowest BCUT2D eigenvalue weighted by Crippen LogP contribution is -2.31. The molecule has 1 heterocycles. The first kappa shape index (κ1) is 18.0. The van der Waals surface area contributed by atoms with E-state index in [0.717, 1.165) is 34.8 Å². The van der Waals surface area contributed by atoms with Crippen molar-refractivity contribution in [1.29, 1.82) is 0 Å². The normalized spacial score (nSPS) is 12.0. The number of ether oxygens (including phenoxy) is 1. The molecule has 0 N–H and O–H groups in total. The van der Waals surface area contributed by atoms with Crippen molar-refractivity contribution in [2.45, 2.75) is 46.6 Å². The molecule has 0 spiro atoms. The molecule has 0 fully saturated rings. The Hall–Kier alpha value is -2.30. The van der Waals surface area contributed by atoms with Crippen LogP contribution < -0.4 is 4.74 Å². The van der Waals surface area contributed by atoms with Crippen molar-refractivity contribution in [2.75, 3.05) is 13.7 Å². The Morgan fingerprint density at radius 1 is 1.33 bits per heavy atom. The van der Waals surface area contributed by atoms with Crippen LogP contribution in [0.2, 0.25) is 0 Å². The van der Waals surface area contributed by atoms with Crippen molar-refractivity contribution in [1.82, 2.24) is 10.1 Å². The van der Waals surface area contributed by atoms with Crippen molar-refractivity contribution < 1.29 is 14.1 Å². The van der Waals surface area contributed by atoms with Crippen LogP contribution in [0.5, 0.6) is 5.75 Å². The minimum Gasteiger partial charge on any atom is -0.483 e. The topological polar surface area (TPSA) is 55.6 Å². The number of carbonyl (C=O) groups excluding carboxylic acids is 1. The van der Waals surface area contributed by atoms with Crippen LogP contribution in [0.1, 0.15) is 48.8 Å². The van der Waals surface area contributed by atoms with Crippen LogP contribution in [0.15, 0.2) is 28.8 Å². The van der Waals surface area contributed by atoms with Crippen molar-refractivity contribution in [3.05, 3.63) is 46.8 Å². The minimum absolute atomic E-state index is 0.0212. The highest BCUT2D eigenvalue weighted by atomic mass is 16.5. The van der Waals surface area contributed by atoms with Gasteiger partial charge in [0.1, 0.15) is 11.5 Å². The summed E-state index contributed by atoms with van der Waals surface area (Å²) in [5.74, 6) is 1.85. The van der Waals surface area contributed by atoms with Crippen LogP contribution in [-0.2, 0) is 11.3 Å². The first-order valence-electron chi connectivity index (χ1n) is 8.31. The zero-order valence-corrected chi connectivity index (χ0v) is 15.1. The van der Waals surface area contributed by atoms with Crippen LogP contribution in [0.3, 0.4) is 0 Å². The summed E-state index contributed by atoms with van der Waals surface area (Å²) in [6.45, 7) is 8.52. The van der Waals surface area contributed by atoms with E-state index in [1.807, 2.05) is 32.0 Å². The van der Waals surface area contributed by atoms with E-state index >= 15 is 0 Å². The quantitative estimate of drug-likeness (QED) is 0.774. The number of amides is 1. The predicted molar refractivity (Wildman–Crippen MR) is 93.1 cm³/mol. The second kappa shape index (κ2) is 7.99. The van der Waals surface area contributed by atoms with Crippen molar-refractivity contribution >= 4 is 5.91 Å². The fraction of sp³-hybridized carbons (Fsp3) is 0.474. The minimum atomic E-state index is -0.0750. The molecule has 0 saturated heterocycles. The standard InChI is InChI=1S/C19H26N2O3/c1-6-13(2)16-9-7-8-10-18(16)23-12-19(22)21(5)11-17-14(3)20-24-15(17)4/h7-10,13H,6,11-12H2,1-5H3. The van der Waals surface area contributed by atoms with Crippen LogP contribution in [0.25, 0.3) is 0 Å². The molecule has 130 valence electrons. The molecular formula is C19H26N2O3. The molecule has 1 aromatic heterocycles. The summed E-state index contributed by atoms with van der Waals surface area (Å²) < 4.78 is 10.9. The van der Waals surface area contributed by atoms with E-state index in [9.17, 15) is 4.79 Å². The molecule has 0 aliphatic rings. The Morgan fingerprint density at radius 2 is 2.04 bits per heavy atom. The Bertz CT molecular complexity index is 674. The number of hydrogen-bond donors (Lipinski definition) is 0. The molecule has 0 radical (unpaired) electrons. The van der Waals surface area contributed by atoms with Crippen LogP contribution in [-0.4, -0.2) is 29.6 Å². The Morgan fingerprint density at radius 3 is 2.67 bits per heavy atom. The number of benzene rings is 1. The predicted octanol–water partition coefficient (Wildman–Crippen LogP) is 3.84. The first-order chi connectivity index (χ1) is 11.4. The smallest absolute Gasteiger partial charge is 0.260 e. The summed E-state index contributed by atoms with van der Waals surface area (Å²) >= 11 is 0. The number of para-hydroxylation sites is 1. The van der Waals surface area contributed by atoms with Gasteiger partial charge in [-0.05, 0) is 37.8 Å². The van der Waals surface area contributed by atoms with Crippen molar-refractivity contribution in [3.8, 4) is 5.75 Å². The van der Waals surface area contributed by atoms with E-state index in [-0.39, 0.29) is 12.5 Å². The average molecular weight is 330 g/mol. The lowest BCUT2D eigenvalue weighted by molar-refractivity contribution is -0.132. The summed E-state index contributed by atoms with van der Waals surface area (Å²) in [6.07, 6.45) is 1.03. The molecular weight excluding hydrogens is 304 g/mol. The van der Waals surface area contributed by atoms with E-state index in [0.29, 0.717) is 12.5 Å². The maximum absolute atomic E-state index is 12.4. The van der Waals surface area contributed by atoms with Crippen LogP contribution >= 0.6 is 0 Å². The third-order valence-electron chi connectivity index (χ3n) is 4.42. The van der Waals surface area contributed by atoms with Gasteiger partial charge >= 0.3 is 0 Å². The molecule has 5 heteroatoms. The molecule has 5 nitrogen and oxygen atoms in total. The SMILES string of the molecule is CCC(C)c1ccccc1OCC(=O)N(C)Cc1c(C)noc1C. The van der Waals surface area contributed by atoms with Crippen LogP contribution in [0.4, 0.5) is 0 Å². The molecule has 0 aliphatic heterocycles. The van der Waals surface area contributed by atoms with Gasteiger partial charge in [0.25, 0.3) is 5.91 Å². The Kier molecular flexibility index (Phi) is 6.01. The van der Waals surface area contributed by atoms with Gasteiger partial charge < -0.3 is 14.2 Å². The van der Waals surface area contributed by atoms with Gasteiger partial charge in [-0.2, -0.15) is 0 Å². The first-order valence-corrected chi connectivity index (χ1v) is 8.31. The molecule has 24 heavy (non-hydrogen) atoms. The van der Waals surface area contributed by atoms with E-state index < -0.39 is 0 Å². The van der Waals surface area contributed by atoms with Gasteiger partial charge in [0.15, 0.2) is 6.61 Å². The summed E-state index contributed by atoms with van der Waals surface area (Å²) in [6, 6.07) is 7.91. The Balaban J connectivity index is 1.98. The number of rotatable bonds is 7. The maximum atomic E-state index is 12.4. The fourth-order valence-corrected chi connectivity index (χ4v) is 2.54. The number of nitrogens with zero attached hydrogens (tertiary/aromatic N) is 2. The van der Waals surface area contributed by atoms with Gasteiger partial charge in [0, 0.05) is 12.6 Å². The van der Waals surface area contributed by atoms with Gasteiger partial charge in [-0.3, -0.25) is 4.79 Å². The molecule has 2 rings (SSSR count). The summed E-state index contributed by atoms with van der Waals surface area (Å²) in [4.78, 5) is 14.0. The Labute approximate surface area is 143 Å². The van der Waals surface area contributed by atoms with Gasteiger partial charge in [-0.15, -0.1) is 0 Å². The highest BCUT2D eigenvalue weighted by molar-refractivity contribution is 5.77. The average Bonchev–Trinajstić information content (AvgIpc) is 2.91. The molecule has 0 saturated carbocycles. The second-order valence-electron chi connectivity index (χ2n) is 6.19. The zero-order valence-electron chi connectivity index (χ0n) is 15.1. The van der Waals surface area contributed by atoms with Gasteiger partial charge in [-0.1, -0.05) is 37.2 Å². The number of likely N-dealkylation sites (N-methyl/N-ethyl adjacent to an activating group) is 1. The zero-order chi connectivity index (χ0) is 17.7. The third kappa shape index (κ3) is 4.16. The fourth-order valence-electron chi connectivity index (χ4n) is 2.54. The molecule has 1 atom stereocenters. The maximum Gasteiger partial charge on any atom is 0.260 e. The monoisotopic (exact) mass is 330 g/mol. The van der Waals surface area contributed by atoms with Gasteiger partial charge in [0.05, 0.1) is 12.2 Å². The highest BCUT2D eigenvalue weighted by Gasteiger charge is 2.17. The molecule has 1 amide bonds. The molecule has 1 aromatic carbocycles. The highest BCUT2D eigenvalue weighted by Crippen LogP contribution is 2.28. The number of hydrogen-bond acceptors (Lipinski definition) is 4. The molecule has 0 bridgehead atoms. The van der Waals surface area contributed by atoms with E-state index in [1.165, 1.54) is 0 Å². The number of aromatic nitrogens is 1. The van der Waals surface area contributed by atoms with Gasteiger partial charge in [0.2, 0.25) is 0 Å².